The van der Waals surface area contributed by atoms with Crippen LogP contribution in [0.4, 0.5) is 0 Å². The maximum atomic E-state index is 10.5. The van der Waals surface area contributed by atoms with Crippen molar-refractivity contribution < 1.29 is 9.90 Å². The van der Waals surface area contributed by atoms with Crippen LogP contribution in [0.3, 0.4) is 0 Å². The molecule has 1 aromatic carbocycles. The van der Waals surface area contributed by atoms with Gasteiger partial charge in [-0.15, -0.1) is 23.4 Å². The summed E-state index contributed by atoms with van der Waals surface area (Å²) in [6, 6.07) is 6.06. The molecule has 0 spiro atoms. The highest BCUT2D eigenvalue weighted by Crippen LogP contribution is 2.22. The first kappa shape index (κ1) is 12.4. The number of aryl methyl sites for hydroxylation is 2. The Hall–Kier alpha value is -0.670. The highest BCUT2D eigenvalue weighted by atomic mass is 35.5. The Balaban J connectivity index is 2.58. The smallest absolute Gasteiger partial charge is 0.322 e. The first-order chi connectivity index (χ1) is 7.00. The molecule has 15 heavy (non-hydrogen) atoms. The molecule has 1 unspecified atom stereocenters. The molecule has 0 saturated heterocycles. The number of carboxylic acid groups (broad SMARTS) is 1. The standard InChI is InChI=1S/C11H13ClO2S/c1-7-3-4-9(5-8(7)2)15-6-10(12)11(13)14/h3-5,10H,6H2,1-2H3,(H,13,14). The summed E-state index contributed by atoms with van der Waals surface area (Å²) in [6.07, 6.45) is 0. The second-order valence-corrected chi connectivity index (χ2v) is 4.98. The average molecular weight is 245 g/mol. The van der Waals surface area contributed by atoms with Gasteiger partial charge in [-0.3, -0.25) is 4.79 Å². The molecule has 1 N–H and O–H groups in total. The largest absolute Gasteiger partial charge is 0.480 e. The minimum atomic E-state index is -0.965. The van der Waals surface area contributed by atoms with Crippen LogP contribution in [0.5, 0.6) is 0 Å². The number of hydrogen-bond acceptors (Lipinski definition) is 2. The van der Waals surface area contributed by atoms with E-state index >= 15 is 0 Å². The van der Waals surface area contributed by atoms with E-state index in [0.29, 0.717) is 5.75 Å². The van der Waals surface area contributed by atoms with Gasteiger partial charge in [-0.1, -0.05) is 6.07 Å². The van der Waals surface area contributed by atoms with Crippen LogP contribution in [-0.2, 0) is 4.79 Å². The number of alkyl halides is 1. The van der Waals surface area contributed by atoms with Crippen LogP contribution < -0.4 is 0 Å². The van der Waals surface area contributed by atoms with Crippen molar-refractivity contribution in [3.05, 3.63) is 29.3 Å². The summed E-state index contributed by atoms with van der Waals surface area (Å²) in [5, 5.41) is 7.79. The molecule has 0 heterocycles. The van der Waals surface area contributed by atoms with E-state index in [0.717, 1.165) is 4.90 Å². The van der Waals surface area contributed by atoms with Crippen LogP contribution in [0.25, 0.3) is 0 Å². The summed E-state index contributed by atoms with van der Waals surface area (Å²) < 4.78 is 0. The summed E-state index contributed by atoms with van der Waals surface area (Å²) in [4.78, 5) is 11.6. The van der Waals surface area contributed by atoms with Crippen molar-refractivity contribution in [2.24, 2.45) is 0 Å². The maximum Gasteiger partial charge on any atom is 0.322 e. The normalized spacial score (nSPS) is 12.5. The van der Waals surface area contributed by atoms with Crippen LogP contribution >= 0.6 is 23.4 Å². The quantitative estimate of drug-likeness (QED) is 0.653. The van der Waals surface area contributed by atoms with Crippen molar-refractivity contribution in [2.45, 2.75) is 24.1 Å². The lowest BCUT2D eigenvalue weighted by Crippen LogP contribution is -2.15. The molecule has 0 fully saturated rings. The van der Waals surface area contributed by atoms with Gasteiger partial charge in [-0.05, 0) is 37.1 Å². The summed E-state index contributed by atoms with van der Waals surface area (Å²) >= 11 is 7.08. The van der Waals surface area contributed by atoms with Gasteiger partial charge in [-0.2, -0.15) is 0 Å². The molecule has 0 radical (unpaired) electrons. The molecule has 0 aliphatic carbocycles. The fourth-order valence-corrected chi connectivity index (χ4v) is 2.14. The SMILES string of the molecule is Cc1ccc(SCC(Cl)C(=O)O)cc1C. The van der Waals surface area contributed by atoms with E-state index < -0.39 is 11.3 Å². The van der Waals surface area contributed by atoms with Gasteiger partial charge >= 0.3 is 5.97 Å². The highest BCUT2D eigenvalue weighted by molar-refractivity contribution is 7.99. The molecule has 82 valence electrons. The fraction of sp³-hybridized carbons (Fsp3) is 0.364. The Labute approximate surface area is 98.6 Å². The Morgan fingerprint density at radius 2 is 2.13 bits per heavy atom. The molecule has 0 bridgehead atoms. The third-order valence-electron chi connectivity index (χ3n) is 2.14. The number of thioether (sulfide) groups is 1. The van der Waals surface area contributed by atoms with Crippen molar-refractivity contribution in [1.29, 1.82) is 0 Å². The van der Waals surface area contributed by atoms with Gasteiger partial charge in [0.15, 0.2) is 0 Å². The highest BCUT2D eigenvalue weighted by Gasteiger charge is 2.13. The lowest BCUT2D eigenvalue weighted by Gasteiger charge is -2.06. The molecule has 0 saturated carbocycles. The first-order valence-electron chi connectivity index (χ1n) is 4.57. The van der Waals surface area contributed by atoms with E-state index in [1.54, 1.807) is 0 Å². The molecule has 1 rings (SSSR count). The van der Waals surface area contributed by atoms with Gasteiger partial charge < -0.3 is 5.11 Å². The molecule has 4 heteroatoms. The fourth-order valence-electron chi connectivity index (χ4n) is 1.04. The number of halogens is 1. The van der Waals surface area contributed by atoms with Gasteiger partial charge in [0, 0.05) is 10.6 Å². The minimum Gasteiger partial charge on any atom is -0.480 e. The Morgan fingerprint density at radius 3 is 2.67 bits per heavy atom. The summed E-state index contributed by atoms with van der Waals surface area (Å²) in [7, 11) is 0. The Bertz CT molecular complexity index is 366. The molecule has 1 aromatic rings. The van der Waals surface area contributed by atoms with E-state index in [2.05, 4.69) is 0 Å². The molecule has 2 nitrogen and oxygen atoms in total. The average Bonchev–Trinajstić information content (AvgIpc) is 2.19. The van der Waals surface area contributed by atoms with Gasteiger partial charge in [0.25, 0.3) is 0 Å². The van der Waals surface area contributed by atoms with E-state index in [1.807, 2.05) is 32.0 Å². The van der Waals surface area contributed by atoms with Crippen LogP contribution in [0.1, 0.15) is 11.1 Å². The number of benzene rings is 1. The Kier molecular flexibility index (Phi) is 4.48. The Morgan fingerprint density at radius 1 is 1.47 bits per heavy atom. The molecule has 0 amide bonds. The van der Waals surface area contributed by atoms with E-state index in [9.17, 15) is 4.79 Å². The number of hydrogen-bond donors (Lipinski definition) is 1. The predicted molar refractivity (Wildman–Crippen MR) is 63.9 cm³/mol. The molecular formula is C11H13ClO2S. The summed E-state index contributed by atoms with van der Waals surface area (Å²) in [5.41, 5.74) is 2.45. The zero-order valence-corrected chi connectivity index (χ0v) is 10.2. The molecule has 1 atom stereocenters. The molecule has 0 aliphatic heterocycles. The zero-order chi connectivity index (χ0) is 11.4. The maximum absolute atomic E-state index is 10.5. The van der Waals surface area contributed by atoms with Crippen molar-refractivity contribution in [1.82, 2.24) is 0 Å². The van der Waals surface area contributed by atoms with E-state index in [1.165, 1.54) is 22.9 Å². The van der Waals surface area contributed by atoms with Gasteiger partial charge in [0.2, 0.25) is 0 Å². The van der Waals surface area contributed by atoms with Crippen molar-refractivity contribution in [3.8, 4) is 0 Å². The molecule has 0 aromatic heterocycles. The number of carbonyl (C=O) groups is 1. The van der Waals surface area contributed by atoms with Crippen LogP contribution in [-0.4, -0.2) is 22.2 Å². The van der Waals surface area contributed by atoms with Gasteiger partial charge in [-0.25, -0.2) is 0 Å². The van der Waals surface area contributed by atoms with E-state index in [-0.39, 0.29) is 0 Å². The lowest BCUT2D eigenvalue weighted by molar-refractivity contribution is -0.136. The van der Waals surface area contributed by atoms with Crippen molar-refractivity contribution in [2.75, 3.05) is 5.75 Å². The third kappa shape index (κ3) is 3.76. The van der Waals surface area contributed by atoms with Crippen LogP contribution in [0, 0.1) is 13.8 Å². The monoisotopic (exact) mass is 244 g/mol. The second kappa shape index (κ2) is 5.42. The van der Waals surface area contributed by atoms with Crippen molar-refractivity contribution >= 4 is 29.3 Å². The van der Waals surface area contributed by atoms with Crippen molar-refractivity contribution in [3.63, 3.8) is 0 Å². The van der Waals surface area contributed by atoms with Crippen LogP contribution in [0.2, 0.25) is 0 Å². The van der Waals surface area contributed by atoms with Gasteiger partial charge in [0.1, 0.15) is 5.38 Å². The summed E-state index contributed by atoms with van der Waals surface area (Å²) in [5.74, 6) is -0.577. The second-order valence-electron chi connectivity index (χ2n) is 3.36. The third-order valence-corrected chi connectivity index (χ3v) is 3.75. The minimum absolute atomic E-state index is 0.388. The number of rotatable bonds is 4. The lowest BCUT2D eigenvalue weighted by atomic mass is 10.1. The predicted octanol–water partition coefficient (Wildman–Crippen LogP) is 3.09. The topological polar surface area (TPSA) is 37.3 Å². The number of aliphatic carboxylic acids is 1. The number of carboxylic acids is 1. The summed E-state index contributed by atoms with van der Waals surface area (Å²) in [6.45, 7) is 4.08. The first-order valence-corrected chi connectivity index (χ1v) is 6.00. The van der Waals surface area contributed by atoms with Gasteiger partial charge in [0.05, 0.1) is 0 Å². The molecule has 0 aliphatic rings. The van der Waals surface area contributed by atoms with Crippen LogP contribution in [0.15, 0.2) is 23.1 Å². The molecular weight excluding hydrogens is 232 g/mol. The zero-order valence-electron chi connectivity index (χ0n) is 8.66. The van der Waals surface area contributed by atoms with E-state index in [4.69, 9.17) is 16.7 Å².